The molecule has 0 bridgehead atoms. The third-order valence-electron chi connectivity index (χ3n) is 4.38. The lowest BCUT2D eigenvalue weighted by atomic mass is 10.1. The van der Waals surface area contributed by atoms with E-state index in [1.165, 1.54) is 64.2 Å². The summed E-state index contributed by atoms with van der Waals surface area (Å²) < 4.78 is 0. The van der Waals surface area contributed by atoms with Gasteiger partial charge in [-0.15, -0.1) is 0 Å². The van der Waals surface area contributed by atoms with Gasteiger partial charge in [0.1, 0.15) is 5.82 Å². The molecule has 0 saturated carbocycles. The summed E-state index contributed by atoms with van der Waals surface area (Å²) in [4.78, 5) is 6.38. The van der Waals surface area contributed by atoms with Gasteiger partial charge >= 0.3 is 0 Å². The summed E-state index contributed by atoms with van der Waals surface area (Å²) in [6.07, 6.45) is 15.8. The molecule has 1 aliphatic heterocycles. The summed E-state index contributed by atoms with van der Waals surface area (Å²) in [5, 5.41) is 15.6. The molecule has 0 unspecified atom stereocenters. The molecule has 1 heterocycles. The van der Waals surface area contributed by atoms with E-state index in [1.807, 2.05) is 11.9 Å². The van der Waals surface area contributed by atoms with Crippen molar-refractivity contribution in [3.63, 3.8) is 0 Å². The number of nitrogens with zero attached hydrogens (tertiary/aromatic N) is 2. The van der Waals surface area contributed by atoms with Crippen molar-refractivity contribution in [2.24, 2.45) is 4.99 Å². The smallest absolute Gasteiger partial charge is 0.199 e. The van der Waals surface area contributed by atoms with Crippen LogP contribution in [0.2, 0.25) is 0 Å². The van der Waals surface area contributed by atoms with E-state index in [9.17, 15) is 0 Å². The van der Waals surface area contributed by atoms with Crippen LogP contribution >= 0.6 is 0 Å². The predicted octanol–water partition coefficient (Wildman–Crippen LogP) is 3.22. The van der Waals surface area contributed by atoms with Crippen LogP contribution in [0.3, 0.4) is 0 Å². The van der Waals surface area contributed by atoms with E-state index >= 15 is 0 Å². The second-order valence-corrected chi connectivity index (χ2v) is 6.66. The number of aliphatic hydroxyl groups excluding tert-OH is 1. The quantitative estimate of drug-likeness (QED) is 0.426. The topological polar surface area (TPSA) is 59.9 Å². The van der Waals surface area contributed by atoms with Gasteiger partial charge in [-0.2, -0.15) is 0 Å². The number of unbranched alkanes of at least 4 members (excludes halogenated alkanes) is 9. The van der Waals surface area contributed by atoms with Crippen LogP contribution in [0.15, 0.2) is 16.9 Å². The summed E-state index contributed by atoms with van der Waals surface area (Å²) in [5.74, 6) is 1.87. The highest BCUT2D eigenvalue weighted by molar-refractivity contribution is 5.82. The van der Waals surface area contributed by atoms with Crippen molar-refractivity contribution in [3.05, 3.63) is 11.9 Å². The van der Waals surface area contributed by atoms with Crippen molar-refractivity contribution in [2.75, 3.05) is 33.3 Å². The van der Waals surface area contributed by atoms with Crippen LogP contribution in [-0.2, 0) is 0 Å². The SMILES string of the molecule is CCCCCCCCCCCCNC1=CCN(C)C(=NCCO)N1. The first-order valence-corrected chi connectivity index (χ1v) is 9.85. The van der Waals surface area contributed by atoms with Gasteiger partial charge in [0.25, 0.3) is 0 Å². The van der Waals surface area contributed by atoms with Crippen LogP contribution < -0.4 is 10.6 Å². The zero-order valence-corrected chi connectivity index (χ0v) is 15.8. The van der Waals surface area contributed by atoms with Crippen molar-refractivity contribution >= 4 is 5.96 Å². The number of likely N-dealkylation sites (N-methyl/N-ethyl adjacent to an activating group) is 1. The fraction of sp³-hybridized carbons (Fsp3) is 0.842. The molecular formula is C19H38N4O. The maximum atomic E-state index is 8.88. The fourth-order valence-corrected chi connectivity index (χ4v) is 2.85. The number of hydrogen-bond acceptors (Lipinski definition) is 3. The minimum atomic E-state index is 0.0874. The van der Waals surface area contributed by atoms with Gasteiger partial charge in [0.05, 0.1) is 13.2 Å². The molecule has 0 spiro atoms. The van der Waals surface area contributed by atoms with Gasteiger partial charge in [-0.25, -0.2) is 0 Å². The Kier molecular flexibility index (Phi) is 12.3. The molecule has 0 aliphatic carbocycles. The standard InChI is InChI=1S/C19H38N4O/c1-3-4-5-6-7-8-9-10-11-12-14-20-18-13-16-23(2)19(22-18)21-15-17-24/h13,20,24H,3-12,14-17H2,1-2H3,(H,21,22). The van der Waals surface area contributed by atoms with Gasteiger partial charge in [-0.05, 0) is 12.5 Å². The Bertz CT molecular complexity index is 368. The van der Waals surface area contributed by atoms with Crippen molar-refractivity contribution in [2.45, 2.75) is 71.1 Å². The average Bonchev–Trinajstić information content (AvgIpc) is 2.59. The number of aliphatic hydroxyl groups is 1. The van der Waals surface area contributed by atoms with Crippen LogP contribution in [0.5, 0.6) is 0 Å². The normalized spacial score (nSPS) is 16.2. The Morgan fingerprint density at radius 1 is 1.08 bits per heavy atom. The highest BCUT2D eigenvalue weighted by atomic mass is 16.3. The molecule has 0 atom stereocenters. The van der Waals surface area contributed by atoms with Gasteiger partial charge in [0.2, 0.25) is 0 Å². The first kappa shape index (κ1) is 20.8. The van der Waals surface area contributed by atoms with Crippen molar-refractivity contribution in [1.82, 2.24) is 15.5 Å². The molecule has 1 rings (SSSR count). The lowest BCUT2D eigenvalue weighted by Crippen LogP contribution is -2.46. The molecule has 140 valence electrons. The van der Waals surface area contributed by atoms with E-state index in [1.54, 1.807) is 0 Å². The third kappa shape index (κ3) is 9.81. The van der Waals surface area contributed by atoms with E-state index in [0.29, 0.717) is 6.54 Å². The van der Waals surface area contributed by atoms with Gasteiger partial charge in [-0.1, -0.05) is 64.7 Å². The molecule has 0 saturated heterocycles. The van der Waals surface area contributed by atoms with Crippen molar-refractivity contribution in [3.8, 4) is 0 Å². The Hall–Kier alpha value is -1.23. The number of aliphatic imine (C=N–C) groups is 1. The summed E-state index contributed by atoms with van der Waals surface area (Å²) in [5.41, 5.74) is 0. The molecule has 0 aromatic carbocycles. The van der Waals surface area contributed by atoms with Crippen LogP contribution in [0.4, 0.5) is 0 Å². The van der Waals surface area contributed by atoms with Gasteiger partial charge in [-0.3, -0.25) is 4.99 Å². The largest absolute Gasteiger partial charge is 0.394 e. The van der Waals surface area contributed by atoms with Crippen LogP contribution in [-0.4, -0.2) is 49.3 Å². The molecule has 5 nitrogen and oxygen atoms in total. The molecule has 24 heavy (non-hydrogen) atoms. The van der Waals surface area contributed by atoms with Gasteiger partial charge < -0.3 is 20.6 Å². The second-order valence-electron chi connectivity index (χ2n) is 6.66. The Balaban J connectivity index is 1.99. The summed E-state index contributed by atoms with van der Waals surface area (Å²) >= 11 is 0. The van der Waals surface area contributed by atoms with Crippen LogP contribution in [0.25, 0.3) is 0 Å². The highest BCUT2D eigenvalue weighted by Crippen LogP contribution is 2.10. The Labute approximate surface area is 148 Å². The van der Waals surface area contributed by atoms with E-state index in [2.05, 4.69) is 28.6 Å². The van der Waals surface area contributed by atoms with Gasteiger partial charge in [0.15, 0.2) is 5.96 Å². The first-order chi connectivity index (χ1) is 11.8. The zero-order valence-electron chi connectivity index (χ0n) is 15.8. The summed E-state index contributed by atoms with van der Waals surface area (Å²) in [6, 6.07) is 0. The van der Waals surface area contributed by atoms with Gasteiger partial charge in [0, 0.05) is 20.1 Å². The molecule has 0 radical (unpaired) electrons. The van der Waals surface area contributed by atoms with E-state index in [4.69, 9.17) is 5.11 Å². The summed E-state index contributed by atoms with van der Waals surface area (Å²) in [7, 11) is 2.00. The highest BCUT2D eigenvalue weighted by Gasteiger charge is 2.12. The van der Waals surface area contributed by atoms with Crippen LogP contribution in [0.1, 0.15) is 71.1 Å². The lowest BCUT2D eigenvalue weighted by molar-refractivity contribution is 0.305. The van der Waals surface area contributed by atoms with Crippen molar-refractivity contribution in [1.29, 1.82) is 0 Å². The second kappa shape index (κ2) is 14.1. The fourth-order valence-electron chi connectivity index (χ4n) is 2.85. The lowest BCUT2D eigenvalue weighted by Gasteiger charge is -2.27. The third-order valence-corrected chi connectivity index (χ3v) is 4.38. The Morgan fingerprint density at radius 2 is 1.71 bits per heavy atom. The van der Waals surface area contributed by atoms with E-state index in [-0.39, 0.29) is 6.61 Å². The predicted molar refractivity (Wildman–Crippen MR) is 103 cm³/mol. The molecule has 0 fully saturated rings. The monoisotopic (exact) mass is 338 g/mol. The molecule has 1 aliphatic rings. The molecule has 0 amide bonds. The number of nitrogens with one attached hydrogen (secondary N) is 2. The average molecular weight is 339 g/mol. The molecule has 0 aromatic rings. The minimum absolute atomic E-state index is 0.0874. The maximum absolute atomic E-state index is 8.88. The van der Waals surface area contributed by atoms with E-state index in [0.717, 1.165) is 24.9 Å². The number of rotatable bonds is 14. The zero-order chi connectivity index (χ0) is 17.5. The molecule has 0 aromatic heterocycles. The maximum Gasteiger partial charge on any atom is 0.199 e. The first-order valence-electron chi connectivity index (χ1n) is 9.85. The van der Waals surface area contributed by atoms with Crippen molar-refractivity contribution < 1.29 is 5.11 Å². The molecule has 5 heteroatoms. The van der Waals surface area contributed by atoms with Crippen LogP contribution in [0, 0.1) is 0 Å². The molecule has 3 N–H and O–H groups in total. The number of hydrogen-bond donors (Lipinski definition) is 3. The number of guanidine groups is 1. The minimum Gasteiger partial charge on any atom is -0.394 e. The van der Waals surface area contributed by atoms with E-state index < -0.39 is 0 Å². The Morgan fingerprint density at radius 3 is 2.33 bits per heavy atom. The summed E-state index contributed by atoms with van der Waals surface area (Å²) in [6.45, 7) is 4.65. The molecular weight excluding hydrogens is 300 g/mol.